The summed E-state index contributed by atoms with van der Waals surface area (Å²) in [4.78, 5) is 2.45. The second kappa shape index (κ2) is 5.07. The molecule has 1 saturated heterocycles. The van der Waals surface area contributed by atoms with Gasteiger partial charge < -0.3 is 10.6 Å². The van der Waals surface area contributed by atoms with E-state index in [0.29, 0.717) is 6.54 Å². The molecule has 1 aliphatic heterocycles. The van der Waals surface area contributed by atoms with Crippen LogP contribution in [0.25, 0.3) is 0 Å². The van der Waals surface area contributed by atoms with Crippen molar-refractivity contribution in [1.82, 2.24) is 0 Å². The number of benzene rings is 1. The highest BCUT2D eigenvalue weighted by molar-refractivity contribution is 6.30. The number of halogens is 1. The fraction of sp³-hybridized carbons (Fsp3) is 0.538. The summed E-state index contributed by atoms with van der Waals surface area (Å²) in [6.07, 6.45) is 2.19. The third-order valence-corrected chi connectivity index (χ3v) is 3.45. The molecule has 1 aromatic carbocycles. The van der Waals surface area contributed by atoms with Gasteiger partial charge in [0, 0.05) is 23.8 Å². The molecule has 3 heteroatoms. The summed E-state index contributed by atoms with van der Waals surface area (Å²) in [6.45, 7) is 5.29. The van der Waals surface area contributed by atoms with E-state index in [1.807, 2.05) is 12.1 Å². The number of rotatable bonds is 3. The predicted octanol–water partition coefficient (Wildman–Crippen LogP) is 2.69. The van der Waals surface area contributed by atoms with Crippen molar-refractivity contribution in [1.29, 1.82) is 0 Å². The van der Waals surface area contributed by atoms with E-state index in [-0.39, 0.29) is 0 Å². The molecule has 88 valence electrons. The fourth-order valence-electron chi connectivity index (χ4n) is 2.37. The third kappa shape index (κ3) is 2.50. The van der Waals surface area contributed by atoms with Crippen molar-refractivity contribution < 1.29 is 0 Å². The molecule has 1 aromatic rings. The Morgan fingerprint density at radius 3 is 2.94 bits per heavy atom. The molecule has 1 aliphatic rings. The minimum atomic E-state index is 0.677. The van der Waals surface area contributed by atoms with Crippen LogP contribution in [0, 0.1) is 5.92 Å². The monoisotopic (exact) mass is 238 g/mol. The molecular weight excluding hydrogens is 220 g/mol. The second-order valence-corrected chi connectivity index (χ2v) is 5.09. The maximum atomic E-state index is 6.03. The first-order chi connectivity index (χ1) is 7.70. The molecule has 0 radical (unpaired) electrons. The van der Waals surface area contributed by atoms with Crippen LogP contribution >= 0.6 is 11.6 Å². The zero-order valence-corrected chi connectivity index (χ0v) is 10.5. The van der Waals surface area contributed by atoms with E-state index in [1.54, 1.807) is 0 Å². The molecule has 2 nitrogen and oxygen atoms in total. The zero-order chi connectivity index (χ0) is 11.5. The van der Waals surface area contributed by atoms with Gasteiger partial charge in [-0.2, -0.15) is 0 Å². The van der Waals surface area contributed by atoms with E-state index in [2.05, 4.69) is 17.9 Å². The summed E-state index contributed by atoms with van der Waals surface area (Å²) >= 11 is 6.03. The Kier molecular flexibility index (Phi) is 3.72. The highest BCUT2D eigenvalue weighted by atomic mass is 35.5. The number of anilines is 1. The average molecular weight is 239 g/mol. The summed E-state index contributed by atoms with van der Waals surface area (Å²) in [7, 11) is 0. The van der Waals surface area contributed by atoms with Crippen LogP contribution in [0.15, 0.2) is 18.2 Å². The van der Waals surface area contributed by atoms with Crippen LogP contribution < -0.4 is 10.6 Å². The maximum Gasteiger partial charge on any atom is 0.0410 e. The summed E-state index contributed by atoms with van der Waals surface area (Å²) in [5.74, 6) is 0.793. The van der Waals surface area contributed by atoms with Gasteiger partial charge in [-0.15, -0.1) is 0 Å². The van der Waals surface area contributed by atoms with Crippen molar-refractivity contribution in [3.05, 3.63) is 28.8 Å². The van der Waals surface area contributed by atoms with E-state index in [0.717, 1.165) is 30.5 Å². The van der Waals surface area contributed by atoms with E-state index < -0.39 is 0 Å². The zero-order valence-electron chi connectivity index (χ0n) is 9.75. The molecule has 0 aromatic heterocycles. The van der Waals surface area contributed by atoms with Gasteiger partial charge >= 0.3 is 0 Å². The molecule has 0 saturated carbocycles. The molecule has 16 heavy (non-hydrogen) atoms. The standard InChI is InChI=1S/C13H19ClN2/c1-10-5-7-16(9-10)13-3-2-12(14)8-11(13)4-6-15/h2-3,8,10H,4-7,9,15H2,1H3. The van der Waals surface area contributed by atoms with Crippen LogP contribution in [-0.4, -0.2) is 19.6 Å². The molecular formula is C13H19ClN2. The third-order valence-electron chi connectivity index (χ3n) is 3.22. The number of hydrogen-bond donors (Lipinski definition) is 1. The van der Waals surface area contributed by atoms with Gasteiger partial charge in [-0.25, -0.2) is 0 Å². The van der Waals surface area contributed by atoms with Gasteiger partial charge in [0.25, 0.3) is 0 Å². The van der Waals surface area contributed by atoms with Crippen LogP contribution in [0.2, 0.25) is 5.02 Å². The van der Waals surface area contributed by atoms with Crippen molar-refractivity contribution in [3.63, 3.8) is 0 Å². The van der Waals surface area contributed by atoms with Crippen molar-refractivity contribution in [3.8, 4) is 0 Å². The van der Waals surface area contributed by atoms with Crippen molar-refractivity contribution in [2.75, 3.05) is 24.5 Å². The minimum absolute atomic E-state index is 0.677. The molecule has 1 atom stereocenters. The highest BCUT2D eigenvalue weighted by Gasteiger charge is 2.20. The van der Waals surface area contributed by atoms with Crippen LogP contribution in [0.1, 0.15) is 18.9 Å². The smallest absolute Gasteiger partial charge is 0.0410 e. The van der Waals surface area contributed by atoms with Crippen LogP contribution in [-0.2, 0) is 6.42 Å². The molecule has 2 rings (SSSR count). The van der Waals surface area contributed by atoms with Gasteiger partial charge in [-0.05, 0) is 49.1 Å². The molecule has 0 amide bonds. The van der Waals surface area contributed by atoms with Crippen LogP contribution in [0.5, 0.6) is 0 Å². The Bertz CT molecular complexity index is 365. The normalized spacial score (nSPS) is 20.4. The van der Waals surface area contributed by atoms with E-state index in [4.69, 9.17) is 17.3 Å². The Labute approximate surface area is 102 Å². The van der Waals surface area contributed by atoms with Gasteiger partial charge in [0.1, 0.15) is 0 Å². The van der Waals surface area contributed by atoms with Crippen LogP contribution in [0.4, 0.5) is 5.69 Å². The van der Waals surface area contributed by atoms with Crippen molar-refractivity contribution in [2.45, 2.75) is 19.8 Å². The SMILES string of the molecule is CC1CCN(c2ccc(Cl)cc2CCN)C1. The minimum Gasteiger partial charge on any atom is -0.371 e. The van der Waals surface area contributed by atoms with Gasteiger partial charge in [-0.1, -0.05) is 18.5 Å². The van der Waals surface area contributed by atoms with E-state index >= 15 is 0 Å². The molecule has 0 spiro atoms. The maximum absolute atomic E-state index is 6.03. The largest absolute Gasteiger partial charge is 0.371 e. The predicted molar refractivity (Wildman–Crippen MR) is 70.2 cm³/mol. The first kappa shape index (κ1) is 11.7. The topological polar surface area (TPSA) is 29.3 Å². The van der Waals surface area contributed by atoms with Gasteiger partial charge in [0.05, 0.1) is 0 Å². The van der Waals surface area contributed by atoms with Gasteiger partial charge in [-0.3, -0.25) is 0 Å². The Balaban J connectivity index is 2.25. The van der Waals surface area contributed by atoms with Crippen molar-refractivity contribution in [2.24, 2.45) is 11.7 Å². The lowest BCUT2D eigenvalue weighted by atomic mass is 10.1. The second-order valence-electron chi connectivity index (χ2n) is 4.65. The quantitative estimate of drug-likeness (QED) is 0.878. The molecule has 0 aliphatic carbocycles. The molecule has 1 unspecified atom stereocenters. The highest BCUT2D eigenvalue weighted by Crippen LogP contribution is 2.29. The lowest BCUT2D eigenvalue weighted by Crippen LogP contribution is -2.21. The molecule has 2 N–H and O–H groups in total. The summed E-state index contributed by atoms with van der Waals surface area (Å²) in [5.41, 5.74) is 8.24. The molecule has 1 fully saturated rings. The first-order valence-electron chi connectivity index (χ1n) is 5.94. The van der Waals surface area contributed by atoms with Gasteiger partial charge in [0.15, 0.2) is 0 Å². The lowest BCUT2D eigenvalue weighted by molar-refractivity contribution is 0.659. The van der Waals surface area contributed by atoms with E-state index in [9.17, 15) is 0 Å². The number of hydrogen-bond acceptors (Lipinski definition) is 2. The number of nitrogens with zero attached hydrogens (tertiary/aromatic N) is 1. The van der Waals surface area contributed by atoms with Crippen LogP contribution in [0.3, 0.4) is 0 Å². The lowest BCUT2D eigenvalue weighted by Gasteiger charge is -2.22. The Hall–Kier alpha value is -0.730. The summed E-state index contributed by atoms with van der Waals surface area (Å²) in [6, 6.07) is 6.15. The van der Waals surface area contributed by atoms with Gasteiger partial charge in [0.2, 0.25) is 0 Å². The fourth-order valence-corrected chi connectivity index (χ4v) is 2.57. The summed E-state index contributed by atoms with van der Waals surface area (Å²) < 4.78 is 0. The Morgan fingerprint density at radius 2 is 2.31 bits per heavy atom. The number of nitrogens with two attached hydrogens (primary N) is 1. The summed E-state index contributed by atoms with van der Waals surface area (Å²) in [5, 5.41) is 0.805. The first-order valence-corrected chi connectivity index (χ1v) is 6.32. The van der Waals surface area contributed by atoms with Crippen molar-refractivity contribution >= 4 is 17.3 Å². The van der Waals surface area contributed by atoms with E-state index in [1.165, 1.54) is 17.7 Å². The Morgan fingerprint density at radius 1 is 1.50 bits per heavy atom. The molecule has 0 bridgehead atoms. The average Bonchev–Trinajstić information content (AvgIpc) is 2.65. The molecule has 1 heterocycles.